The van der Waals surface area contributed by atoms with Gasteiger partial charge < -0.3 is 0 Å². The summed E-state index contributed by atoms with van der Waals surface area (Å²) in [5.74, 6) is 0. The highest BCUT2D eigenvalue weighted by Gasteiger charge is 2.08. The number of fused-ring (bicyclic) bond motifs is 2. The van der Waals surface area contributed by atoms with Gasteiger partial charge in [0.15, 0.2) is 0 Å². The van der Waals surface area contributed by atoms with Crippen LogP contribution in [0.5, 0.6) is 0 Å². The molecule has 0 radical (unpaired) electrons. The van der Waals surface area contributed by atoms with Gasteiger partial charge in [0.2, 0.25) is 0 Å². The molecule has 0 N–H and O–H groups in total. The van der Waals surface area contributed by atoms with Crippen LogP contribution in [0.2, 0.25) is 0 Å². The summed E-state index contributed by atoms with van der Waals surface area (Å²) in [6, 6.07) is 13.5. The molecule has 0 atom stereocenters. The smallest absolute Gasteiger partial charge is 0.0119 e. The van der Waals surface area contributed by atoms with E-state index in [9.17, 15) is 0 Å². The van der Waals surface area contributed by atoms with Gasteiger partial charge in [0.1, 0.15) is 0 Å². The third-order valence-corrected chi connectivity index (χ3v) is 3.92. The minimum atomic E-state index is 1.34. The largest absolute Gasteiger partial charge is 0.0614 e. The van der Waals surface area contributed by atoms with Crippen LogP contribution in [-0.4, -0.2) is 0 Å². The van der Waals surface area contributed by atoms with E-state index in [1.807, 2.05) is 0 Å². The zero-order valence-corrected chi connectivity index (χ0v) is 11.5. The lowest BCUT2D eigenvalue weighted by atomic mass is 9.92. The van der Waals surface area contributed by atoms with E-state index >= 15 is 0 Å². The first-order valence-electron chi connectivity index (χ1n) is 6.48. The molecule has 0 aromatic heterocycles. The van der Waals surface area contributed by atoms with E-state index in [-0.39, 0.29) is 0 Å². The lowest BCUT2D eigenvalue weighted by molar-refractivity contribution is 1.41. The number of benzene rings is 3. The lowest BCUT2D eigenvalue weighted by Gasteiger charge is -2.12. The molecule has 0 heteroatoms. The molecule has 0 nitrogen and oxygen atoms in total. The molecule has 0 saturated carbocycles. The van der Waals surface area contributed by atoms with E-state index in [1.165, 1.54) is 43.8 Å². The molecule has 0 unspecified atom stereocenters. The second-order valence-corrected chi connectivity index (χ2v) is 5.35. The number of hydrogen-bond donors (Lipinski definition) is 0. The normalized spacial score (nSPS) is 11.3. The maximum Gasteiger partial charge on any atom is -0.0119 e. The topological polar surface area (TPSA) is 0 Å². The van der Waals surface area contributed by atoms with E-state index in [2.05, 4.69) is 64.1 Å². The van der Waals surface area contributed by atoms with E-state index in [0.717, 1.165) is 0 Å². The summed E-state index contributed by atoms with van der Waals surface area (Å²) in [6.45, 7) is 8.82. The monoisotopic (exact) mass is 234 g/mol. The first kappa shape index (κ1) is 11.3. The lowest BCUT2D eigenvalue weighted by Crippen LogP contribution is -1.89. The van der Waals surface area contributed by atoms with Crippen LogP contribution in [0.1, 0.15) is 22.3 Å². The van der Waals surface area contributed by atoms with Crippen molar-refractivity contribution in [3.8, 4) is 0 Å². The van der Waals surface area contributed by atoms with Crippen LogP contribution < -0.4 is 0 Å². The van der Waals surface area contributed by atoms with Gasteiger partial charge in [-0.05, 0) is 72.0 Å². The molecule has 0 saturated heterocycles. The molecule has 3 aromatic rings. The van der Waals surface area contributed by atoms with E-state index < -0.39 is 0 Å². The van der Waals surface area contributed by atoms with Gasteiger partial charge in [-0.15, -0.1) is 0 Å². The SMILES string of the molecule is Cc1cc(C)c2cc3cccc(C)c3c(C)c2c1. The van der Waals surface area contributed by atoms with Crippen molar-refractivity contribution in [2.45, 2.75) is 27.7 Å². The van der Waals surface area contributed by atoms with E-state index in [1.54, 1.807) is 0 Å². The summed E-state index contributed by atoms with van der Waals surface area (Å²) in [4.78, 5) is 0. The molecule has 18 heavy (non-hydrogen) atoms. The van der Waals surface area contributed by atoms with Crippen LogP contribution >= 0.6 is 0 Å². The Hall–Kier alpha value is -1.82. The first-order valence-corrected chi connectivity index (χ1v) is 6.48. The number of hydrogen-bond acceptors (Lipinski definition) is 0. The Morgan fingerprint density at radius 1 is 0.722 bits per heavy atom. The summed E-state index contributed by atoms with van der Waals surface area (Å²) in [7, 11) is 0. The molecule has 90 valence electrons. The van der Waals surface area contributed by atoms with Crippen molar-refractivity contribution in [2.24, 2.45) is 0 Å². The van der Waals surface area contributed by atoms with Crippen molar-refractivity contribution in [2.75, 3.05) is 0 Å². The molecule has 0 aliphatic carbocycles. The Morgan fingerprint density at radius 3 is 2.28 bits per heavy atom. The van der Waals surface area contributed by atoms with Gasteiger partial charge in [-0.3, -0.25) is 0 Å². The Balaban J connectivity index is 2.61. The van der Waals surface area contributed by atoms with Gasteiger partial charge in [0.05, 0.1) is 0 Å². The molecule has 0 spiro atoms. The van der Waals surface area contributed by atoms with Gasteiger partial charge in [-0.1, -0.05) is 35.9 Å². The van der Waals surface area contributed by atoms with Gasteiger partial charge in [0, 0.05) is 0 Å². The van der Waals surface area contributed by atoms with E-state index in [0.29, 0.717) is 0 Å². The van der Waals surface area contributed by atoms with Crippen molar-refractivity contribution < 1.29 is 0 Å². The standard InChI is InChI=1S/C18H18/c1-11-8-13(3)16-10-15-7-5-6-12(2)18(15)14(4)17(16)9-11/h5-10H,1-4H3. The third-order valence-electron chi connectivity index (χ3n) is 3.92. The first-order chi connectivity index (χ1) is 8.58. The molecule has 3 aromatic carbocycles. The van der Waals surface area contributed by atoms with Crippen molar-refractivity contribution in [1.82, 2.24) is 0 Å². The third kappa shape index (κ3) is 1.53. The highest BCUT2D eigenvalue weighted by Crippen LogP contribution is 2.32. The van der Waals surface area contributed by atoms with Crippen LogP contribution in [0, 0.1) is 27.7 Å². The highest BCUT2D eigenvalue weighted by atomic mass is 14.1. The van der Waals surface area contributed by atoms with Crippen molar-refractivity contribution in [1.29, 1.82) is 0 Å². The number of rotatable bonds is 0. The zero-order valence-electron chi connectivity index (χ0n) is 11.5. The Labute approximate surface area is 108 Å². The molecule has 0 heterocycles. The van der Waals surface area contributed by atoms with Gasteiger partial charge in [-0.25, -0.2) is 0 Å². The molecule has 3 rings (SSSR count). The molecular formula is C18H18. The fourth-order valence-electron chi connectivity index (χ4n) is 3.09. The second kappa shape index (κ2) is 3.84. The quantitative estimate of drug-likeness (QED) is 0.467. The van der Waals surface area contributed by atoms with Crippen molar-refractivity contribution in [3.63, 3.8) is 0 Å². The van der Waals surface area contributed by atoms with Crippen LogP contribution in [0.3, 0.4) is 0 Å². The average Bonchev–Trinajstić information content (AvgIpc) is 2.31. The minimum Gasteiger partial charge on any atom is -0.0614 e. The summed E-state index contributed by atoms with van der Waals surface area (Å²) < 4.78 is 0. The number of aryl methyl sites for hydroxylation is 4. The second-order valence-electron chi connectivity index (χ2n) is 5.35. The Morgan fingerprint density at radius 2 is 1.50 bits per heavy atom. The molecule has 0 aliphatic heterocycles. The fraction of sp³-hybridized carbons (Fsp3) is 0.222. The van der Waals surface area contributed by atoms with Crippen LogP contribution in [0.15, 0.2) is 36.4 Å². The Kier molecular flexibility index (Phi) is 2.41. The van der Waals surface area contributed by atoms with Crippen LogP contribution in [-0.2, 0) is 0 Å². The van der Waals surface area contributed by atoms with Crippen LogP contribution in [0.25, 0.3) is 21.5 Å². The Bertz CT molecular complexity index is 764. The highest BCUT2D eigenvalue weighted by molar-refractivity contribution is 6.04. The van der Waals surface area contributed by atoms with Crippen molar-refractivity contribution in [3.05, 3.63) is 58.7 Å². The molecule has 0 bridgehead atoms. The van der Waals surface area contributed by atoms with Crippen LogP contribution in [0.4, 0.5) is 0 Å². The van der Waals surface area contributed by atoms with Gasteiger partial charge >= 0.3 is 0 Å². The molecule has 0 amide bonds. The average molecular weight is 234 g/mol. The predicted octanol–water partition coefficient (Wildman–Crippen LogP) is 5.23. The zero-order chi connectivity index (χ0) is 12.9. The molecule has 0 aliphatic rings. The maximum atomic E-state index is 2.33. The maximum absolute atomic E-state index is 2.33. The fourth-order valence-corrected chi connectivity index (χ4v) is 3.09. The van der Waals surface area contributed by atoms with Gasteiger partial charge in [0.25, 0.3) is 0 Å². The van der Waals surface area contributed by atoms with Crippen molar-refractivity contribution >= 4 is 21.5 Å². The predicted molar refractivity (Wildman–Crippen MR) is 80.4 cm³/mol. The summed E-state index contributed by atoms with van der Waals surface area (Å²) in [5, 5.41) is 5.55. The minimum absolute atomic E-state index is 1.34. The molecule has 0 fully saturated rings. The molecular weight excluding hydrogens is 216 g/mol. The van der Waals surface area contributed by atoms with Gasteiger partial charge in [-0.2, -0.15) is 0 Å². The summed E-state index contributed by atoms with van der Waals surface area (Å²) >= 11 is 0. The summed E-state index contributed by atoms with van der Waals surface area (Å²) in [5.41, 5.74) is 5.49. The summed E-state index contributed by atoms with van der Waals surface area (Å²) in [6.07, 6.45) is 0. The van der Waals surface area contributed by atoms with E-state index in [4.69, 9.17) is 0 Å².